The van der Waals surface area contributed by atoms with Crippen LogP contribution in [0.4, 0.5) is 0 Å². The Labute approximate surface area is 127 Å². The Balaban J connectivity index is 0.00000180. The van der Waals surface area contributed by atoms with Crippen LogP contribution < -0.4 is 10.5 Å². The fourth-order valence-electron chi connectivity index (χ4n) is 2.19. The fraction of sp³-hybridized carbons (Fsp3) is 0.462. The Hall–Kier alpha value is -0.780. The molecule has 0 aliphatic carbocycles. The SMILES string of the molecule is COc1ccc(C(=O)N2CCC(CN)C2)cc1Br.Cl. The zero-order valence-corrected chi connectivity index (χ0v) is 13.2. The van der Waals surface area contributed by atoms with E-state index >= 15 is 0 Å². The second kappa shape index (κ2) is 7.12. The lowest BCUT2D eigenvalue weighted by Crippen LogP contribution is -2.29. The highest BCUT2D eigenvalue weighted by Gasteiger charge is 2.26. The molecule has 1 saturated heterocycles. The van der Waals surface area contributed by atoms with Gasteiger partial charge < -0.3 is 15.4 Å². The highest BCUT2D eigenvalue weighted by molar-refractivity contribution is 9.10. The normalized spacial score (nSPS) is 18.1. The number of benzene rings is 1. The van der Waals surface area contributed by atoms with Crippen molar-refractivity contribution in [2.75, 3.05) is 26.7 Å². The molecule has 1 fully saturated rings. The Kier molecular flexibility index (Phi) is 6.10. The molecule has 4 nitrogen and oxygen atoms in total. The maximum atomic E-state index is 12.3. The smallest absolute Gasteiger partial charge is 0.253 e. The molecule has 1 aromatic carbocycles. The fourth-order valence-corrected chi connectivity index (χ4v) is 2.73. The molecule has 19 heavy (non-hydrogen) atoms. The lowest BCUT2D eigenvalue weighted by molar-refractivity contribution is 0.0787. The van der Waals surface area contributed by atoms with E-state index in [-0.39, 0.29) is 18.3 Å². The summed E-state index contributed by atoms with van der Waals surface area (Å²) in [6.07, 6.45) is 1.000. The predicted octanol–water partition coefficient (Wildman–Crippen LogP) is 2.30. The standard InChI is InChI=1S/C13H17BrN2O2.ClH/c1-18-12-3-2-10(6-11(12)14)13(17)16-5-4-9(7-15)8-16;/h2-3,6,9H,4-5,7-8,15H2,1H3;1H. The largest absolute Gasteiger partial charge is 0.496 e. The van der Waals surface area contributed by atoms with Gasteiger partial charge in [-0.15, -0.1) is 12.4 Å². The Morgan fingerprint density at radius 1 is 1.58 bits per heavy atom. The van der Waals surface area contributed by atoms with Crippen molar-refractivity contribution in [3.63, 3.8) is 0 Å². The molecule has 6 heteroatoms. The van der Waals surface area contributed by atoms with Crippen molar-refractivity contribution in [1.82, 2.24) is 4.90 Å². The molecule has 1 aliphatic rings. The number of methoxy groups -OCH3 is 1. The summed E-state index contributed by atoms with van der Waals surface area (Å²) in [6.45, 7) is 2.21. The highest BCUT2D eigenvalue weighted by atomic mass is 79.9. The van der Waals surface area contributed by atoms with E-state index in [0.717, 1.165) is 29.7 Å². The van der Waals surface area contributed by atoms with Gasteiger partial charge in [0, 0.05) is 18.7 Å². The zero-order valence-electron chi connectivity index (χ0n) is 10.8. The first-order chi connectivity index (χ1) is 8.65. The van der Waals surface area contributed by atoms with E-state index in [1.54, 1.807) is 25.3 Å². The molecule has 1 amide bonds. The third-order valence-electron chi connectivity index (χ3n) is 3.31. The van der Waals surface area contributed by atoms with Crippen molar-refractivity contribution in [2.24, 2.45) is 11.7 Å². The van der Waals surface area contributed by atoms with E-state index in [2.05, 4.69) is 15.9 Å². The van der Waals surface area contributed by atoms with E-state index in [9.17, 15) is 4.79 Å². The molecule has 1 atom stereocenters. The summed E-state index contributed by atoms with van der Waals surface area (Å²) in [6, 6.07) is 5.40. The minimum Gasteiger partial charge on any atom is -0.496 e. The molecular weight excluding hydrogens is 332 g/mol. The summed E-state index contributed by atoms with van der Waals surface area (Å²) < 4.78 is 5.95. The summed E-state index contributed by atoms with van der Waals surface area (Å²) in [7, 11) is 1.61. The molecule has 0 saturated carbocycles. The molecule has 1 heterocycles. The van der Waals surface area contributed by atoms with Crippen LogP contribution in [0, 0.1) is 5.92 Å². The first kappa shape index (κ1) is 16.3. The number of nitrogens with zero attached hydrogens (tertiary/aromatic N) is 1. The van der Waals surface area contributed by atoms with Gasteiger partial charge in [0.15, 0.2) is 0 Å². The van der Waals surface area contributed by atoms with Gasteiger partial charge in [-0.3, -0.25) is 4.79 Å². The third kappa shape index (κ3) is 3.61. The van der Waals surface area contributed by atoms with Gasteiger partial charge in [0.05, 0.1) is 11.6 Å². The third-order valence-corrected chi connectivity index (χ3v) is 3.92. The minimum absolute atomic E-state index is 0. The number of amides is 1. The van der Waals surface area contributed by atoms with Crippen LogP contribution in [-0.2, 0) is 0 Å². The summed E-state index contributed by atoms with van der Waals surface area (Å²) in [5.74, 6) is 1.23. The number of likely N-dealkylation sites (tertiary alicyclic amines) is 1. The maximum absolute atomic E-state index is 12.3. The number of ether oxygens (including phenoxy) is 1. The first-order valence-electron chi connectivity index (χ1n) is 5.98. The summed E-state index contributed by atoms with van der Waals surface area (Å²) in [4.78, 5) is 14.2. The maximum Gasteiger partial charge on any atom is 0.253 e. The van der Waals surface area contributed by atoms with Crippen LogP contribution in [0.1, 0.15) is 16.8 Å². The molecule has 1 unspecified atom stereocenters. The van der Waals surface area contributed by atoms with Gasteiger partial charge in [-0.05, 0) is 53.0 Å². The molecular formula is C13H18BrClN2O2. The van der Waals surface area contributed by atoms with Crippen molar-refractivity contribution >= 4 is 34.2 Å². The van der Waals surface area contributed by atoms with Crippen LogP contribution in [0.2, 0.25) is 0 Å². The van der Waals surface area contributed by atoms with Gasteiger partial charge in [-0.2, -0.15) is 0 Å². The van der Waals surface area contributed by atoms with Crippen molar-refractivity contribution in [3.8, 4) is 5.75 Å². The van der Waals surface area contributed by atoms with Gasteiger partial charge >= 0.3 is 0 Å². The Morgan fingerprint density at radius 2 is 2.32 bits per heavy atom. The topological polar surface area (TPSA) is 55.6 Å². The quantitative estimate of drug-likeness (QED) is 0.911. The molecule has 2 N–H and O–H groups in total. The number of nitrogens with two attached hydrogens (primary N) is 1. The van der Waals surface area contributed by atoms with Crippen molar-refractivity contribution in [3.05, 3.63) is 28.2 Å². The van der Waals surface area contributed by atoms with Gasteiger partial charge in [0.2, 0.25) is 0 Å². The Morgan fingerprint density at radius 3 is 2.84 bits per heavy atom. The predicted molar refractivity (Wildman–Crippen MR) is 81.0 cm³/mol. The Bertz CT molecular complexity index is 456. The van der Waals surface area contributed by atoms with E-state index in [4.69, 9.17) is 10.5 Å². The molecule has 106 valence electrons. The number of rotatable bonds is 3. The first-order valence-corrected chi connectivity index (χ1v) is 6.78. The van der Waals surface area contributed by atoms with Crippen LogP contribution in [0.5, 0.6) is 5.75 Å². The van der Waals surface area contributed by atoms with Crippen LogP contribution in [0.15, 0.2) is 22.7 Å². The van der Waals surface area contributed by atoms with Crippen molar-refractivity contribution < 1.29 is 9.53 Å². The second-order valence-electron chi connectivity index (χ2n) is 4.49. The monoisotopic (exact) mass is 348 g/mol. The summed E-state index contributed by atoms with van der Waals surface area (Å²) >= 11 is 3.39. The van der Waals surface area contributed by atoms with E-state index in [0.29, 0.717) is 18.0 Å². The molecule has 0 aromatic heterocycles. The van der Waals surface area contributed by atoms with Crippen molar-refractivity contribution in [2.45, 2.75) is 6.42 Å². The zero-order chi connectivity index (χ0) is 13.1. The minimum atomic E-state index is 0. The average molecular weight is 350 g/mol. The highest BCUT2D eigenvalue weighted by Crippen LogP contribution is 2.27. The van der Waals surface area contributed by atoms with Crippen LogP contribution in [-0.4, -0.2) is 37.6 Å². The average Bonchev–Trinajstić information content (AvgIpc) is 2.86. The molecule has 2 rings (SSSR count). The summed E-state index contributed by atoms with van der Waals surface area (Å²) in [5, 5.41) is 0. The van der Waals surface area contributed by atoms with Gasteiger partial charge in [0.25, 0.3) is 5.91 Å². The second-order valence-corrected chi connectivity index (χ2v) is 5.35. The van der Waals surface area contributed by atoms with Crippen LogP contribution in [0.3, 0.4) is 0 Å². The number of hydrogen-bond acceptors (Lipinski definition) is 3. The van der Waals surface area contributed by atoms with Gasteiger partial charge in [-0.25, -0.2) is 0 Å². The summed E-state index contributed by atoms with van der Waals surface area (Å²) in [5.41, 5.74) is 6.32. The lowest BCUT2D eigenvalue weighted by Gasteiger charge is -2.16. The number of carbonyl (C=O) groups excluding carboxylic acids is 1. The van der Waals surface area contributed by atoms with E-state index in [1.807, 2.05) is 4.90 Å². The number of halogens is 2. The molecule has 0 spiro atoms. The number of carbonyl (C=O) groups is 1. The van der Waals surface area contributed by atoms with E-state index in [1.165, 1.54) is 0 Å². The molecule has 0 bridgehead atoms. The molecule has 0 radical (unpaired) electrons. The van der Waals surface area contributed by atoms with Crippen LogP contribution >= 0.6 is 28.3 Å². The molecule has 1 aliphatic heterocycles. The van der Waals surface area contributed by atoms with Crippen molar-refractivity contribution in [1.29, 1.82) is 0 Å². The lowest BCUT2D eigenvalue weighted by atomic mass is 10.1. The molecule has 1 aromatic rings. The van der Waals surface area contributed by atoms with Gasteiger partial charge in [0.1, 0.15) is 5.75 Å². The number of hydrogen-bond donors (Lipinski definition) is 1. The van der Waals surface area contributed by atoms with Gasteiger partial charge in [-0.1, -0.05) is 0 Å². The van der Waals surface area contributed by atoms with E-state index < -0.39 is 0 Å². The van der Waals surface area contributed by atoms with Crippen LogP contribution in [0.25, 0.3) is 0 Å².